The highest BCUT2D eigenvalue weighted by molar-refractivity contribution is 7.94. The molecule has 0 saturated carbocycles. The predicted octanol–water partition coefficient (Wildman–Crippen LogP) is 6.37. The maximum absolute atomic E-state index is 13.8. The van der Waals surface area contributed by atoms with Crippen molar-refractivity contribution < 1.29 is 26.4 Å². The largest absolute Gasteiger partial charge is 0.272 e. The molecule has 5 aromatic rings. The zero-order valence-corrected chi connectivity index (χ0v) is 25.5. The highest BCUT2D eigenvalue weighted by Crippen LogP contribution is 2.31. The quantitative estimate of drug-likeness (QED) is 0.198. The summed E-state index contributed by atoms with van der Waals surface area (Å²) in [7, 11) is -8.79. The second-order valence-electron chi connectivity index (χ2n) is 10.0. The van der Waals surface area contributed by atoms with E-state index in [0.29, 0.717) is 8.61 Å². The summed E-state index contributed by atoms with van der Waals surface area (Å²) in [5, 5.41) is 0. The van der Waals surface area contributed by atoms with Gasteiger partial charge < -0.3 is 0 Å². The van der Waals surface area contributed by atoms with Crippen LogP contribution in [0.15, 0.2) is 143 Å². The second kappa shape index (κ2) is 12.3. The molecule has 10 heteroatoms. The molecule has 8 nitrogen and oxygen atoms in total. The topological polar surface area (TPSA) is 109 Å². The highest BCUT2D eigenvalue weighted by Gasteiger charge is 2.34. The van der Waals surface area contributed by atoms with E-state index in [1.54, 1.807) is 60.7 Å². The number of hydrogen-bond acceptors (Lipinski definition) is 6. The van der Waals surface area contributed by atoms with Gasteiger partial charge in [-0.05, 0) is 86.6 Å². The van der Waals surface area contributed by atoms with E-state index in [4.69, 9.17) is 0 Å². The molecule has 0 aliphatic heterocycles. The number of rotatable bonds is 8. The lowest BCUT2D eigenvalue weighted by molar-refractivity contribution is 0.0996. The molecule has 0 spiro atoms. The van der Waals surface area contributed by atoms with E-state index in [-0.39, 0.29) is 32.3 Å². The number of anilines is 2. The van der Waals surface area contributed by atoms with Crippen LogP contribution >= 0.6 is 0 Å². The first kappa shape index (κ1) is 30.4. The van der Waals surface area contributed by atoms with Gasteiger partial charge in [-0.1, -0.05) is 71.8 Å². The number of aryl methyl sites for hydroxylation is 2. The SMILES string of the molecule is Cc1ccc(C(=O)N(c2ccc(N(C(=O)c3ccc(C)cc3)S(=O)(=O)c3ccccc3)cc2)S(=O)(=O)c2ccccc2)cc1. The Hall–Kier alpha value is -5.06. The Morgan fingerprint density at radius 1 is 0.432 bits per heavy atom. The third kappa shape index (κ3) is 6.03. The molecule has 0 atom stereocenters. The molecule has 0 saturated heterocycles. The van der Waals surface area contributed by atoms with Gasteiger partial charge in [0.1, 0.15) is 0 Å². The van der Waals surface area contributed by atoms with E-state index in [0.717, 1.165) is 11.1 Å². The molecule has 44 heavy (non-hydrogen) atoms. The Morgan fingerprint density at radius 3 is 1.02 bits per heavy atom. The van der Waals surface area contributed by atoms with Crippen molar-refractivity contribution in [2.45, 2.75) is 23.6 Å². The second-order valence-corrected chi connectivity index (χ2v) is 13.6. The Balaban J connectivity index is 1.63. The summed E-state index contributed by atoms with van der Waals surface area (Å²) >= 11 is 0. The third-order valence-electron chi connectivity index (χ3n) is 6.85. The summed E-state index contributed by atoms with van der Waals surface area (Å²) < 4.78 is 56.7. The fraction of sp³-hybridized carbons (Fsp3) is 0.0588. The van der Waals surface area contributed by atoms with Crippen LogP contribution in [0.4, 0.5) is 11.4 Å². The van der Waals surface area contributed by atoms with Crippen LogP contribution in [0.3, 0.4) is 0 Å². The number of hydrogen-bond donors (Lipinski definition) is 0. The molecule has 0 radical (unpaired) electrons. The molecule has 0 aliphatic rings. The van der Waals surface area contributed by atoms with Gasteiger partial charge in [-0.25, -0.2) is 16.8 Å². The van der Waals surface area contributed by atoms with Crippen LogP contribution in [-0.2, 0) is 20.0 Å². The van der Waals surface area contributed by atoms with Gasteiger partial charge in [0.2, 0.25) is 0 Å². The third-order valence-corrected chi connectivity index (χ3v) is 10.3. The van der Waals surface area contributed by atoms with Gasteiger partial charge in [0.05, 0.1) is 21.2 Å². The molecule has 0 unspecified atom stereocenters. The van der Waals surface area contributed by atoms with Crippen LogP contribution in [0.5, 0.6) is 0 Å². The molecule has 5 rings (SSSR count). The van der Waals surface area contributed by atoms with E-state index in [9.17, 15) is 26.4 Å². The predicted molar refractivity (Wildman–Crippen MR) is 170 cm³/mol. The average molecular weight is 625 g/mol. The number of nitrogens with zero attached hydrogens (tertiary/aromatic N) is 2. The summed E-state index contributed by atoms with van der Waals surface area (Å²) in [6.07, 6.45) is 0. The lowest BCUT2D eigenvalue weighted by Crippen LogP contribution is -2.38. The van der Waals surface area contributed by atoms with Crippen molar-refractivity contribution in [2.75, 3.05) is 8.61 Å². The number of sulfonamides is 2. The van der Waals surface area contributed by atoms with Gasteiger partial charge in [-0.3, -0.25) is 9.59 Å². The Bertz CT molecular complexity index is 1860. The first-order chi connectivity index (χ1) is 21.0. The van der Waals surface area contributed by atoms with Crippen LogP contribution in [0.2, 0.25) is 0 Å². The Labute approximate surface area is 256 Å². The summed E-state index contributed by atoms with van der Waals surface area (Å²) in [5.41, 5.74) is 1.98. The van der Waals surface area contributed by atoms with Crippen LogP contribution in [-0.4, -0.2) is 28.6 Å². The van der Waals surface area contributed by atoms with Gasteiger partial charge in [0.15, 0.2) is 0 Å². The van der Waals surface area contributed by atoms with Crippen molar-refractivity contribution in [1.29, 1.82) is 0 Å². The van der Waals surface area contributed by atoms with Gasteiger partial charge in [-0.2, -0.15) is 8.61 Å². The van der Waals surface area contributed by atoms with Crippen LogP contribution in [0.1, 0.15) is 31.8 Å². The molecule has 5 aromatic carbocycles. The molecule has 0 fully saturated rings. The molecule has 0 bridgehead atoms. The number of benzene rings is 5. The van der Waals surface area contributed by atoms with E-state index in [1.165, 1.54) is 72.8 Å². The monoisotopic (exact) mass is 624 g/mol. The van der Waals surface area contributed by atoms with Crippen molar-refractivity contribution in [3.05, 3.63) is 156 Å². The maximum Gasteiger partial charge on any atom is 0.272 e. The van der Waals surface area contributed by atoms with Crippen LogP contribution < -0.4 is 8.61 Å². The molecule has 2 amide bonds. The lowest BCUT2D eigenvalue weighted by atomic mass is 10.1. The molecular weight excluding hydrogens is 597 g/mol. The number of carbonyl (C=O) groups excluding carboxylic acids is 2. The summed E-state index contributed by atoms with van der Waals surface area (Å²) in [4.78, 5) is 27.3. The fourth-order valence-electron chi connectivity index (χ4n) is 4.48. The minimum absolute atomic E-state index is 0.0389. The van der Waals surface area contributed by atoms with Crippen molar-refractivity contribution in [2.24, 2.45) is 0 Å². The molecule has 0 heterocycles. The normalized spacial score (nSPS) is 11.5. The van der Waals surface area contributed by atoms with E-state index < -0.39 is 31.9 Å². The molecule has 0 aliphatic carbocycles. The van der Waals surface area contributed by atoms with Gasteiger partial charge >= 0.3 is 0 Å². The number of carbonyl (C=O) groups is 2. The summed E-state index contributed by atoms with van der Waals surface area (Å²) in [5.74, 6) is -1.60. The fourth-order valence-corrected chi connectivity index (χ4v) is 7.35. The standard InChI is InChI=1S/C34H28N2O6S2/c1-25-13-17-27(18-14-25)33(37)35(43(39,40)31-9-5-3-6-10-31)29-21-23-30(24-22-29)36(34(38)28-19-15-26(2)16-20-28)44(41,42)32-11-7-4-8-12-32/h3-24H,1-2H3. The Morgan fingerprint density at radius 2 is 0.727 bits per heavy atom. The molecular formula is C34H28N2O6S2. The van der Waals surface area contributed by atoms with Crippen LogP contribution in [0.25, 0.3) is 0 Å². The van der Waals surface area contributed by atoms with Crippen LogP contribution in [0, 0.1) is 13.8 Å². The zero-order valence-electron chi connectivity index (χ0n) is 23.9. The van der Waals surface area contributed by atoms with E-state index >= 15 is 0 Å². The first-order valence-corrected chi connectivity index (χ1v) is 16.4. The van der Waals surface area contributed by atoms with Crippen molar-refractivity contribution >= 4 is 43.2 Å². The minimum atomic E-state index is -4.39. The van der Waals surface area contributed by atoms with Gasteiger partial charge in [-0.15, -0.1) is 0 Å². The smallest absolute Gasteiger partial charge is 0.268 e. The van der Waals surface area contributed by atoms with Crippen molar-refractivity contribution in [3.63, 3.8) is 0 Å². The number of amides is 2. The Kier molecular flexibility index (Phi) is 8.48. The molecule has 222 valence electrons. The molecule has 0 aromatic heterocycles. The van der Waals surface area contributed by atoms with Gasteiger partial charge in [0.25, 0.3) is 31.9 Å². The minimum Gasteiger partial charge on any atom is -0.268 e. The summed E-state index contributed by atoms with van der Waals surface area (Å²) in [6.45, 7) is 3.69. The zero-order chi connectivity index (χ0) is 31.5. The van der Waals surface area contributed by atoms with Gasteiger partial charge in [0, 0.05) is 11.1 Å². The highest BCUT2D eigenvalue weighted by atomic mass is 32.2. The van der Waals surface area contributed by atoms with E-state index in [1.807, 2.05) is 13.8 Å². The average Bonchev–Trinajstić information content (AvgIpc) is 3.03. The first-order valence-electron chi connectivity index (χ1n) is 13.5. The maximum atomic E-state index is 13.8. The lowest BCUT2D eigenvalue weighted by Gasteiger charge is -2.25. The summed E-state index contributed by atoms with van der Waals surface area (Å²) in [6, 6.07) is 33.2. The van der Waals surface area contributed by atoms with Crippen molar-refractivity contribution in [3.8, 4) is 0 Å². The molecule has 0 N–H and O–H groups in total. The van der Waals surface area contributed by atoms with Crippen molar-refractivity contribution in [1.82, 2.24) is 0 Å². The van der Waals surface area contributed by atoms with E-state index in [2.05, 4.69) is 0 Å².